The van der Waals surface area contributed by atoms with E-state index in [4.69, 9.17) is 10.5 Å². The highest BCUT2D eigenvalue weighted by Gasteiger charge is 2.02. The lowest BCUT2D eigenvalue weighted by atomic mass is 10.2. The van der Waals surface area contributed by atoms with Crippen LogP contribution in [0.15, 0.2) is 36.7 Å². The first kappa shape index (κ1) is 15.5. The number of hydrogen-bond donors (Lipinski definition) is 1. The SMILES string of the molecule is CN(CCCOc1ccc(CN)cc1)Cc1cnn(C)c1. The number of aryl methyl sites for hydroxylation is 1. The van der Waals surface area contributed by atoms with E-state index in [0.29, 0.717) is 6.54 Å². The minimum Gasteiger partial charge on any atom is -0.494 e. The van der Waals surface area contributed by atoms with Gasteiger partial charge in [0.15, 0.2) is 0 Å². The third-order valence-electron chi connectivity index (χ3n) is 3.32. The zero-order valence-electron chi connectivity index (χ0n) is 12.8. The van der Waals surface area contributed by atoms with Gasteiger partial charge in [-0.05, 0) is 31.2 Å². The quantitative estimate of drug-likeness (QED) is 0.752. The predicted octanol–water partition coefficient (Wildman–Crippen LogP) is 1.78. The first-order valence-corrected chi connectivity index (χ1v) is 7.25. The van der Waals surface area contributed by atoms with E-state index in [1.165, 1.54) is 5.56 Å². The van der Waals surface area contributed by atoms with Crippen molar-refractivity contribution < 1.29 is 4.74 Å². The first-order valence-electron chi connectivity index (χ1n) is 7.25. The molecule has 0 bridgehead atoms. The van der Waals surface area contributed by atoms with Gasteiger partial charge in [-0.25, -0.2) is 0 Å². The van der Waals surface area contributed by atoms with Crippen LogP contribution >= 0.6 is 0 Å². The molecule has 2 aromatic rings. The fraction of sp³-hybridized carbons (Fsp3) is 0.438. The van der Waals surface area contributed by atoms with Crippen molar-refractivity contribution in [3.8, 4) is 5.75 Å². The van der Waals surface area contributed by atoms with Gasteiger partial charge in [0.05, 0.1) is 12.8 Å². The second-order valence-corrected chi connectivity index (χ2v) is 5.31. The maximum Gasteiger partial charge on any atom is 0.119 e. The van der Waals surface area contributed by atoms with Crippen molar-refractivity contribution in [2.75, 3.05) is 20.2 Å². The van der Waals surface area contributed by atoms with Gasteiger partial charge < -0.3 is 15.4 Å². The van der Waals surface area contributed by atoms with Gasteiger partial charge in [-0.3, -0.25) is 4.68 Å². The van der Waals surface area contributed by atoms with E-state index >= 15 is 0 Å². The minimum atomic E-state index is 0.569. The standard InChI is InChI=1S/C16H24N4O/c1-19(12-15-11-18-20(2)13-15)8-3-9-21-16-6-4-14(10-17)5-7-16/h4-7,11,13H,3,8-10,12,17H2,1-2H3. The van der Waals surface area contributed by atoms with Gasteiger partial charge in [-0.15, -0.1) is 0 Å². The highest BCUT2D eigenvalue weighted by molar-refractivity contribution is 5.27. The molecular formula is C16H24N4O. The van der Waals surface area contributed by atoms with Crippen LogP contribution in [-0.2, 0) is 20.1 Å². The summed E-state index contributed by atoms with van der Waals surface area (Å²) in [6.07, 6.45) is 4.95. The first-order chi connectivity index (χ1) is 10.2. The molecule has 0 atom stereocenters. The van der Waals surface area contributed by atoms with Crippen molar-refractivity contribution >= 4 is 0 Å². The lowest BCUT2D eigenvalue weighted by Gasteiger charge is -2.15. The average molecular weight is 288 g/mol. The molecule has 0 aliphatic carbocycles. The minimum absolute atomic E-state index is 0.569. The van der Waals surface area contributed by atoms with Crippen LogP contribution in [0.1, 0.15) is 17.5 Å². The summed E-state index contributed by atoms with van der Waals surface area (Å²) in [5.74, 6) is 0.905. The summed E-state index contributed by atoms with van der Waals surface area (Å²) in [4.78, 5) is 2.28. The molecule has 0 saturated heterocycles. The van der Waals surface area contributed by atoms with Crippen LogP contribution in [-0.4, -0.2) is 34.9 Å². The second-order valence-electron chi connectivity index (χ2n) is 5.31. The molecule has 5 nitrogen and oxygen atoms in total. The number of ether oxygens (including phenoxy) is 1. The van der Waals surface area contributed by atoms with Crippen LogP contribution in [0.4, 0.5) is 0 Å². The fourth-order valence-electron chi connectivity index (χ4n) is 2.19. The van der Waals surface area contributed by atoms with Gasteiger partial charge in [-0.2, -0.15) is 5.10 Å². The van der Waals surface area contributed by atoms with Gasteiger partial charge in [-0.1, -0.05) is 12.1 Å². The summed E-state index contributed by atoms with van der Waals surface area (Å²) in [5, 5.41) is 4.18. The Morgan fingerprint density at radius 2 is 2.00 bits per heavy atom. The third kappa shape index (κ3) is 5.21. The Bertz CT molecular complexity index is 535. The maximum absolute atomic E-state index is 5.73. The molecular weight excluding hydrogens is 264 g/mol. The van der Waals surface area contributed by atoms with E-state index in [-0.39, 0.29) is 0 Å². The molecule has 0 fully saturated rings. The molecule has 2 rings (SSSR count). The second kappa shape index (κ2) is 7.81. The normalized spacial score (nSPS) is 11.0. The van der Waals surface area contributed by atoms with Crippen LogP contribution in [0.25, 0.3) is 0 Å². The number of aromatic nitrogens is 2. The summed E-state index contributed by atoms with van der Waals surface area (Å²) in [6, 6.07) is 7.96. The average Bonchev–Trinajstić information content (AvgIpc) is 2.89. The van der Waals surface area contributed by atoms with E-state index in [9.17, 15) is 0 Å². The largest absolute Gasteiger partial charge is 0.494 e. The van der Waals surface area contributed by atoms with Crippen LogP contribution in [0, 0.1) is 0 Å². The smallest absolute Gasteiger partial charge is 0.119 e. The number of benzene rings is 1. The molecule has 2 N–H and O–H groups in total. The van der Waals surface area contributed by atoms with Crippen LogP contribution in [0.5, 0.6) is 5.75 Å². The Kier molecular flexibility index (Phi) is 5.78. The lowest BCUT2D eigenvalue weighted by Crippen LogP contribution is -2.20. The van der Waals surface area contributed by atoms with Gasteiger partial charge >= 0.3 is 0 Å². The molecule has 0 saturated carbocycles. The van der Waals surface area contributed by atoms with Crippen molar-refractivity contribution in [2.45, 2.75) is 19.5 Å². The van der Waals surface area contributed by atoms with Crippen LogP contribution in [0.3, 0.4) is 0 Å². The number of nitrogens with zero attached hydrogens (tertiary/aromatic N) is 3. The number of hydrogen-bond acceptors (Lipinski definition) is 4. The molecule has 0 amide bonds. The molecule has 21 heavy (non-hydrogen) atoms. The third-order valence-corrected chi connectivity index (χ3v) is 3.32. The van der Waals surface area contributed by atoms with Gasteiger partial charge in [0.25, 0.3) is 0 Å². The van der Waals surface area contributed by atoms with Crippen molar-refractivity contribution in [1.29, 1.82) is 0 Å². The molecule has 114 valence electrons. The molecule has 0 spiro atoms. The maximum atomic E-state index is 5.73. The molecule has 1 aromatic carbocycles. The van der Waals surface area contributed by atoms with Crippen LogP contribution < -0.4 is 10.5 Å². The topological polar surface area (TPSA) is 56.3 Å². The number of nitrogens with two attached hydrogens (primary N) is 1. The Morgan fingerprint density at radius 1 is 1.24 bits per heavy atom. The van der Waals surface area contributed by atoms with Crippen molar-refractivity contribution in [3.05, 3.63) is 47.8 Å². The van der Waals surface area contributed by atoms with Crippen molar-refractivity contribution in [2.24, 2.45) is 12.8 Å². The van der Waals surface area contributed by atoms with Gasteiger partial charge in [0.2, 0.25) is 0 Å². The molecule has 0 aliphatic heterocycles. The van der Waals surface area contributed by atoms with Crippen LogP contribution in [0.2, 0.25) is 0 Å². The van der Waals surface area contributed by atoms with Crippen molar-refractivity contribution in [1.82, 2.24) is 14.7 Å². The molecule has 5 heteroatoms. The number of rotatable bonds is 8. The Balaban J connectivity index is 1.64. The molecule has 0 aliphatic rings. The monoisotopic (exact) mass is 288 g/mol. The van der Waals surface area contributed by atoms with E-state index in [1.807, 2.05) is 48.4 Å². The molecule has 0 unspecified atom stereocenters. The highest BCUT2D eigenvalue weighted by atomic mass is 16.5. The Morgan fingerprint density at radius 3 is 2.62 bits per heavy atom. The van der Waals surface area contributed by atoms with Gasteiger partial charge in [0.1, 0.15) is 5.75 Å². The zero-order valence-corrected chi connectivity index (χ0v) is 12.8. The lowest BCUT2D eigenvalue weighted by molar-refractivity contribution is 0.259. The van der Waals surface area contributed by atoms with E-state index in [1.54, 1.807) is 0 Å². The summed E-state index contributed by atoms with van der Waals surface area (Å²) in [6.45, 7) is 3.20. The molecule has 0 radical (unpaired) electrons. The summed E-state index contributed by atoms with van der Waals surface area (Å²) < 4.78 is 7.56. The Hall–Kier alpha value is -1.85. The van der Waals surface area contributed by atoms with E-state index in [2.05, 4.69) is 17.0 Å². The van der Waals surface area contributed by atoms with E-state index in [0.717, 1.165) is 37.4 Å². The fourth-order valence-corrected chi connectivity index (χ4v) is 2.19. The zero-order chi connectivity index (χ0) is 15.1. The summed E-state index contributed by atoms with van der Waals surface area (Å²) in [5.41, 5.74) is 7.93. The predicted molar refractivity (Wildman–Crippen MR) is 84.0 cm³/mol. The Labute approximate surface area is 126 Å². The van der Waals surface area contributed by atoms with E-state index < -0.39 is 0 Å². The molecule has 1 heterocycles. The summed E-state index contributed by atoms with van der Waals surface area (Å²) >= 11 is 0. The molecule has 1 aromatic heterocycles. The van der Waals surface area contributed by atoms with Crippen molar-refractivity contribution in [3.63, 3.8) is 0 Å². The van der Waals surface area contributed by atoms with Gasteiger partial charge in [0, 0.05) is 38.4 Å². The summed E-state index contributed by atoms with van der Waals surface area (Å²) in [7, 11) is 4.05. The highest BCUT2D eigenvalue weighted by Crippen LogP contribution is 2.12.